The van der Waals surface area contributed by atoms with Crippen molar-refractivity contribution in [3.8, 4) is 0 Å². The third-order valence-corrected chi connectivity index (χ3v) is 3.36. The molecule has 0 unspecified atom stereocenters. The van der Waals surface area contributed by atoms with Crippen molar-refractivity contribution < 1.29 is 9.18 Å². The molecule has 0 radical (unpaired) electrons. The Balaban J connectivity index is 1.93. The first-order valence-electron chi connectivity index (χ1n) is 6.19. The predicted molar refractivity (Wildman–Crippen MR) is 68.3 cm³/mol. The summed E-state index contributed by atoms with van der Waals surface area (Å²) in [7, 11) is 0. The van der Waals surface area contributed by atoms with Crippen LogP contribution in [0.2, 0.25) is 0 Å². The maximum atomic E-state index is 13.1. The zero-order valence-electron chi connectivity index (χ0n) is 10.2. The Morgan fingerprint density at radius 2 is 2.28 bits per heavy atom. The summed E-state index contributed by atoms with van der Waals surface area (Å²) in [5.41, 5.74) is 2.17. The van der Waals surface area contributed by atoms with Crippen LogP contribution in [-0.2, 0) is 0 Å². The summed E-state index contributed by atoms with van der Waals surface area (Å²) >= 11 is 0. The lowest BCUT2D eigenvalue weighted by atomic mass is 10.1. The molecule has 3 rings (SSSR count). The molecule has 1 heterocycles. The van der Waals surface area contributed by atoms with Gasteiger partial charge in [-0.3, -0.25) is 4.79 Å². The van der Waals surface area contributed by atoms with Gasteiger partial charge in [0.05, 0.1) is 6.54 Å². The van der Waals surface area contributed by atoms with Gasteiger partial charge in [-0.2, -0.15) is 0 Å². The predicted octanol–water partition coefficient (Wildman–Crippen LogP) is 2.55. The highest BCUT2D eigenvalue weighted by atomic mass is 19.1. The standard InChI is InChI=1S/C14H15FN2O/c1-8-14(13(18)7-16-10-3-4-10)11-5-2-9(15)6-12(11)17-8/h2,5-6,10,16-17H,3-4,7H2,1H3. The fourth-order valence-corrected chi connectivity index (χ4v) is 2.28. The van der Waals surface area contributed by atoms with Crippen molar-refractivity contribution in [2.24, 2.45) is 0 Å². The lowest BCUT2D eigenvalue weighted by Gasteiger charge is -2.02. The Morgan fingerprint density at radius 1 is 1.50 bits per heavy atom. The Bertz CT molecular complexity index is 614. The second kappa shape index (κ2) is 4.21. The molecule has 0 amide bonds. The molecule has 1 aliphatic carbocycles. The van der Waals surface area contributed by atoms with Gasteiger partial charge in [0.1, 0.15) is 5.82 Å². The van der Waals surface area contributed by atoms with Gasteiger partial charge in [0, 0.05) is 28.2 Å². The van der Waals surface area contributed by atoms with Crippen LogP contribution < -0.4 is 5.32 Å². The van der Waals surface area contributed by atoms with Crippen LogP contribution in [-0.4, -0.2) is 23.4 Å². The third-order valence-electron chi connectivity index (χ3n) is 3.36. The smallest absolute Gasteiger partial charge is 0.179 e. The molecule has 1 aliphatic rings. The number of halogens is 1. The van der Waals surface area contributed by atoms with Crippen LogP contribution in [0.25, 0.3) is 10.9 Å². The molecule has 4 heteroatoms. The average molecular weight is 246 g/mol. The quantitative estimate of drug-likeness (QED) is 0.814. The lowest BCUT2D eigenvalue weighted by Crippen LogP contribution is -2.25. The topological polar surface area (TPSA) is 44.9 Å². The first-order chi connectivity index (χ1) is 8.65. The fraction of sp³-hybridized carbons (Fsp3) is 0.357. The van der Waals surface area contributed by atoms with Crippen LogP contribution in [0.5, 0.6) is 0 Å². The molecule has 2 N–H and O–H groups in total. The molecule has 1 aromatic heterocycles. The Hall–Kier alpha value is -1.68. The highest BCUT2D eigenvalue weighted by molar-refractivity contribution is 6.10. The monoisotopic (exact) mass is 246 g/mol. The molecular formula is C14H15FN2O. The van der Waals surface area contributed by atoms with Crippen LogP contribution in [0.15, 0.2) is 18.2 Å². The number of ketones is 1. The van der Waals surface area contributed by atoms with Gasteiger partial charge in [0.25, 0.3) is 0 Å². The third kappa shape index (κ3) is 2.04. The summed E-state index contributed by atoms with van der Waals surface area (Å²) in [4.78, 5) is 15.2. The number of hydrogen-bond acceptors (Lipinski definition) is 2. The molecule has 0 atom stereocenters. The zero-order chi connectivity index (χ0) is 12.7. The minimum atomic E-state index is -0.293. The summed E-state index contributed by atoms with van der Waals surface area (Å²) in [6.45, 7) is 2.21. The van der Waals surface area contributed by atoms with Crippen LogP contribution in [0.1, 0.15) is 28.9 Å². The highest BCUT2D eigenvalue weighted by Crippen LogP contribution is 2.24. The second-order valence-corrected chi connectivity index (χ2v) is 4.89. The summed E-state index contributed by atoms with van der Waals surface area (Å²) < 4.78 is 13.1. The van der Waals surface area contributed by atoms with Gasteiger partial charge in [0.2, 0.25) is 0 Å². The van der Waals surface area contributed by atoms with E-state index in [9.17, 15) is 9.18 Å². The van der Waals surface area contributed by atoms with Crippen LogP contribution >= 0.6 is 0 Å². The van der Waals surface area contributed by atoms with E-state index in [1.165, 1.54) is 12.1 Å². The number of carbonyl (C=O) groups excluding carboxylic acids is 1. The van der Waals surface area contributed by atoms with Crippen molar-refractivity contribution in [2.45, 2.75) is 25.8 Å². The number of benzene rings is 1. The minimum Gasteiger partial charge on any atom is -0.358 e. The van der Waals surface area contributed by atoms with Crippen molar-refractivity contribution in [1.29, 1.82) is 0 Å². The molecule has 1 saturated carbocycles. The van der Waals surface area contributed by atoms with Crippen LogP contribution in [0, 0.1) is 12.7 Å². The first-order valence-corrected chi connectivity index (χ1v) is 6.19. The van der Waals surface area contributed by atoms with Crippen molar-refractivity contribution in [3.05, 3.63) is 35.3 Å². The van der Waals surface area contributed by atoms with E-state index in [2.05, 4.69) is 10.3 Å². The Morgan fingerprint density at radius 3 is 3.00 bits per heavy atom. The normalized spacial score (nSPS) is 15.2. The largest absolute Gasteiger partial charge is 0.358 e. The van der Waals surface area contributed by atoms with E-state index < -0.39 is 0 Å². The molecule has 1 fully saturated rings. The van der Waals surface area contributed by atoms with Gasteiger partial charge in [0.15, 0.2) is 5.78 Å². The van der Waals surface area contributed by atoms with Crippen LogP contribution in [0.3, 0.4) is 0 Å². The van der Waals surface area contributed by atoms with Crippen molar-refractivity contribution in [2.75, 3.05) is 6.54 Å². The van der Waals surface area contributed by atoms with E-state index in [0.717, 1.165) is 23.9 Å². The first kappa shape index (κ1) is 11.4. The van der Waals surface area contributed by atoms with E-state index >= 15 is 0 Å². The lowest BCUT2D eigenvalue weighted by molar-refractivity contribution is 0.0991. The molecule has 1 aromatic carbocycles. The molecule has 0 bridgehead atoms. The molecule has 94 valence electrons. The second-order valence-electron chi connectivity index (χ2n) is 4.89. The zero-order valence-corrected chi connectivity index (χ0v) is 10.2. The van der Waals surface area contributed by atoms with E-state index in [1.807, 2.05) is 6.92 Å². The molecule has 0 spiro atoms. The number of rotatable bonds is 4. The SMILES string of the molecule is Cc1[nH]c2cc(F)ccc2c1C(=O)CNC1CC1. The van der Waals surface area contributed by atoms with Gasteiger partial charge in [-0.1, -0.05) is 0 Å². The minimum absolute atomic E-state index is 0.0669. The van der Waals surface area contributed by atoms with Gasteiger partial charge >= 0.3 is 0 Å². The Labute approximate surface area is 104 Å². The van der Waals surface area contributed by atoms with Gasteiger partial charge < -0.3 is 10.3 Å². The van der Waals surface area contributed by atoms with E-state index in [1.54, 1.807) is 6.07 Å². The number of hydrogen-bond donors (Lipinski definition) is 2. The average Bonchev–Trinajstić information content (AvgIpc) is 3.08. The summed E-state index contributed by atoms with van der Waals surface area (Å²) in [6, 6.07) is 4.99. The van der Waals surface area contributed by atoms with Gasteiger partial charge in [-0.05, 0) is 38.0 Å². The number of Topliss-reactive ketones (excluding diaryl/α,β-unsaturated/α-hetero) is 1. The molecule has 2 aromatic rings. The molecule has 18 heavy (non-hydrogen) atoms. The van der Waals surface area contributed by atoms with Crippen molar-refractivity contribution in [1.82, 2.24) is 10.3 Å². The molecule has 0 aliphatic heterocycles. The maximum Gasteiger partial charge on any atom is 0.179 e. The van der Waals surface area contributed by atoms with Gasteiger partial charge in [-0.15, -0.1) is 0 Å². The fourth-order valence-electron chi connectivity index (χ4n) is 2.28. The molecule has 0 saturated heterocycles. The number of nitrogens with one attached hydrogen (secondary N) is 2. The van der Waals surface area contributed by atoms with E-state index in [4.69, 9.17) is 0 Å². The number of aryl methyl sites for hydroxylation is 1. The molecular weight excluding hydrogens is 231 g/mol. The molecule has 3 nitrogen and oxygen atoms in total. The van der Waals surface area contributed by atoms with Gasteiger partial charge in [-0.25, -0.2) is 4.39 Å². The number of aromatic nitrogens is 1. The summed E-state index contributed by atoms with van der Waals surface area (Å²) in [5, 5.41) is 4.01. The van der Waals surface area contributed by atoms with Crippen molar-refractivity contribution >= 4 is 16.7 Å². The van der Waals surface area contributed by atoms with E-state index in [-0.39, 0.29) is 11.6 Å². The van der Waals surface area contributed by atoms with Crippen LogP contribution in [0.4, 0.5) is 4.39 Å². The highest BCUT2D eigenvalue weighted by Gasteiger charge is 2.23. The maximum absolute atomic E-state index is 13.1. The number of carbonyl (C=O) groups is 1. The summed E-state index contributed by atoms with van der Waals surface area (Å²) in [5.74, 6) is -0.226. The van der Waals surface area contributed by atoms with E-state index in [0.29, 0.717) is 23.7 Å². The van der Waals surface area contributed by atoms with Crippen molar-refractivity contribution in [3.63, 3.8) is 0 Å². The number of H-pyrrole nitrogens is 1. The summed E-state index contributed by atoms with van der Waals surface area (Å²) in [6.07, 6.45) is 2.32. The number of aromatic amines is 1. The Kier molecular flexibility index (Phi) is 2.67. The number of fused-ring (bicyclic) bond motifs is 1.